The van der Waals surface area contributed by atoms with Crippen LogP contribution in [0, 0.1) is 11.6 Å². The highest BCUT2D eigenvalue weighted by atomic mass is 19.1. The van der Waals surface area contributed by atoms with Crippen LogP contribution in [0.1, 0.15) is 30.8 Å². The van der Waals surface area contributed by atoms with E-state index in [4.69, 9.17) is 4.74 Å². The van der Waals surface area contributed by atoms with Crippen molar-refractivity contribution in [3.05, 3.63) is 47.8 Å². The fourth-order valence-corrected chi connectivity index (χ4v) is 1.68. The molecule has 0 spiro atoms. The van der Waals surface area contributed by atoms with Gasteiger partial charge in [-0.25, -0.2) is 13.5 Å². The zero-order chi connectivity index (χ0) is 16.1. The highest BCUT2D eigenvalue weighted by molar-refractivity contribution is 5.92. The number of amides is 1. The van der Waals surface area contributed by atoms with E-state index in [0.29, 0.717) is 0 Å². The van der Waals surface area contributed by atoms with Crippen LogP contribution in [0.25, 0.3) is 0 Å². The predicted molar refractivity (Wildman–Crippen MR) is 76.4 cm³/mol. The van der Waals surface area contributed by atoms with Gasteiger partial charge in [0.2, 0.25) is 0 Å². The third-order valence-corrected chi connectivity index (χ3v) is 3.11. The van der Waals surface area contributed by atoms with Crippen LogP contribution in [-0.2, 0) is 6.73 Å². The lowest BCUT2D eigenvalue weighted by atomic mass is 10.2. The molecular formula is C15H17F2N3O2. The summed E-state index contributed by atoms with van der Waals surface area (Å²) in [4.78, 5) is 11.9. The van der Waals surface area contributed by atoms with Gasteiger partial charge in [0.05, 0.1) is 0 Å². The van der Waals surface area contributed by atoms with Crippen LogP contribution in [0.15, 0.2) is 30.5 Å². The molecule has 0 radical (unpaired) electrons. The molecule has 22 heavy (non-hydrogen) atoms. The van der Waals surface area contributed by atoms with E-state index in [1.54, 1.807) is 12.3 Å². The molecule has 1 aromatic heterocycles. The van der Waals surface area contributed by atoms with Crippen LogP contribution in [0.2, 0.25) is 0 Å². The number of hydrogen-bond donors (Lipinski definition) is 1. The fourth-order valence-electron chi connectivity index (χ4n) is 1.68. The Labute approximate surface area is 126 Å². The summed E-state index contributed by atoms with van der Waals surface area (Å²) < 4.78 is 32.7. The molecular weight excluding hydrogens is 292 g/mol. The monoisotopic (exact) mass is 309 g/mol. The quantitative estimate of drug-likeness (QED) is 0.892. The Hall–Kier alpha value is -2.44. The van der Waals surface area contributed by atoms with Crippen molar-refractivity contribution >= 4 is 5.91 Å². The maximum Gasteiger partial charge on any atom is 0.271 e. The van der Waals surface area contributed by atoms with Crippen molar-refractivity contribution in [2.24, 2.45) is 0 Å². The summed E-state index contributed by atoms with van der Waals surface area (Å²) in [7, 11) is 0. The minimum atomic E-state index is -0.790. The molecule has 1 heterocycles. The van der Waals surface area contributed by atoms with Crippen molar-refractivity contribution in [1.82, 2.24) is 15.1 Å². The molecule has 0 aliphatic rings. The molecule has 0 saturated carbocycles. The van der Waals surface area contributed by atoms with Crippen LogP contribution >= 0.6 is 0 Å². The van der Waals surface area contributed by atoms with E-state index in [1.165, 1.54) is 10.7 Å². The molecule has 2 aromatic rings. The number of carbonyl (C=O) groups is 1. The van der Waals surface area contributed by atoms with Gasteiger partial charge < -0.3 is 10.1 Å². The highest BCUT2D eigenvalue weighted by Gasteiger charge is 2.12. The summed E-state index contributed by atoms with van der Waals surface area (Å²) >= 11 is 0. The van der Waals surface area contributed by atoms with E-state index in [-0.39, 0.29) is 30.1 Å². The molecule has 0 aliphatic carbocycles. The standard InChI is InChI=1S/C15H17F2N3O2/c1-3-10(2)18-15(21)13-6-7-20(19-13)9-22-14-5-4-11(16)8-12(14)17/h4-8,10H,3,9H2,1-2H3,(H,18,21)/t10-/m0/s1. The Morgan fingerprint density at radius 3 is 2.86 bits per heavy atom. The number of carbonyl (C=O) groups excluding carboxylic acids is 1. The van der Waals surface area contributed by atoms with Gasteiger partial charge >= 0.3 is 0 Å². The topological polar surface area (TPSA) is 56.2 Å². The van der Waals surface area contributed by atoms with Crippen LogP contribution in [0.5, 0.6) is 5.75 Å². The number of nitrogens with zero attached hydrogens (tertiary/aromatic N) is 2. The minimum Gasteiger partial charge on any atom is -0.468 e. The lowest BCUT2D eigenvalue weighted by Gasteiger charge is -2.09. The lowest BCUT2D eigenvalue weighted by molar-refractivity contribution is 0.0932. The van der Waals surface area contributed by atoms with Crippen molar-refractivity contribution in [1.29, 1.82) is 0 Å². The van der Waals surface area contributed by atoms with Crippen molar-refractivity contribution in [3.63, 3.8) is 0 Å². The van der Waals surface area contributed by atoms with Crippen LogP contribution in [0.4, 0.5) is 8.78 Å². The van der Waals surface area contributed by atoms with Crippen molar-refractivity contribution in [2.75, 3.05) is 0 Å². The molecule has 5 nitrogen and oxygen atoms in total. The van der Waals surface area contributed by atoms with E-state index < -0.39 is 11.6 Å². The van der Waals surface area contributed by atoms with Crippen molar-refractivity contribution in [2.45, 2.75) is 33.0 Å². The summed E-state index contributed by atoms with van der Waals surface area (Å²) in [6.07, 6.45) is 2.37. The van der Waals surface area contributed by atoms with Gasteiger partial charge in [-0.3, -0.25) is 4.79 Å². The van der Waals surface area contributed by atoms with Gasteiger partial charge in [-0.15, -0.1) is 0 Å². The van der Waals surface area contributed by atoms with Gasteiger partial charge in [0, 0.05) is 18.3 Å². The third kappa shape index (κ3) is 4.03. The zero-order valence-corrected chi connectivity index (χ0v) is 12.3. The Kier molecular flexibility index (Phi) is 5.08. The van der Waals surface area contributed by atoms with Gasteiger partial charge in [-0.1, -0.05) is 6.92 Å². The second-order valence-electron chi connectivity index (χ2n) is 4.87. The number of rotatable bonds is 6. The van der Waals surface area contributed by atoms with Gasteiger partial charge in [0.25, 0.3) is 5.91 Å². The molecule has 1 amide bonds. The first-order valence-corrected chi connectivity index (χ1v) is 6.91. The van der Waals surface area contributed by atoms with Gasteiger partial charge in [-0.2, -0.15) is 5.10 Å². The molecule has 1 atom stereocenters. The maximum atomic E-state index is 13.4. The molecule has 7 heteroatoms. The second-order valence-corrected chi connectivity index (χ2v) is 4.87. The number of halogens is 2. The predicted octanol–water partition coefficient (Wildman–Crippen LogP) is 2.73. The second kappa shape index (κ2) is 7.02. The Morgan fingerprint density at radius 2 is 2.18 bits per heavy atom. The smallest absolute Gasteiger partial charge is 0.271 e. The number of benzene rings is 1. The summed E-state index contributed by atoms with van der Waals surface area (Å²) in [5, 5.41) is 6.83. The van der Waals surface area contributed by atoms with Gasteiger partial charge in [0.15, 0.2) is 18.3 Å². The molecule has 118 valence electrons. The molecule has 0 unspecified atom stereocenters. The largest absolute Gasteiger partial charge is 0.468 e. The van der Waals surface area contributed by atoms with Gasteiger partial charge in [-0.05, 0) is 31.5 Å². The van der Waals surface area contributed by atoms with Crippen LogP contribution in [0.3, 0.4) is 0 Å². The van der Waals surface area contributed by atoms with E-state index in [1.807, 2.05) is 13.8 Å². The number of ether oxygens (including phenoxy) is 1. The van der Waals surface area contributed by atoms with Crippen LogP contribution < -0.4 is 10.1 Å². The first kappa shape index (κ1) is 15.9. The van der Waals surface area contributed by atoms with E-state index in [2.05, 4.69) is 10.4 Å². The maximum absolute atomic E-state index is 13.4. The van der Waals surface area contributed by atoms with Crippen molar-refractivity contribution in [3.8, 4) is 5.75 Å². The molecule has 0 fully saturated rings. The first-order valence-electron chi connectivity index (χ1n) is 6.91. The zero-order valence-electron chi connectivity index (χ0n) is 12.3. The molecule has 0 aliphatic heterocycles. The number of nitrogens with one attached hydrogen (secondary N) is 1. The summed E-state index contributed by atoms with van der Waals surface area (Å²) in [6.45, 7) is 3.78. The normalized spacial score (nSPS) is 12.0. The Morgan fingerprint density at radius 1 is 1.41 bits per heavy atom. The lowest BCUT2D eigenvalue weighted by Crippen LogP contribution is -2.32. The molecule has 0 saturated heterocycles. The van der Waals surface area contributed by atoms with E-state index in [9.17, 15) is 13.6 Å². The number of aromatic nitrogens is 2. The van der Waals surface area contributed by atoms with E-state index >= 15 is 0 Å². The van der Waals surface area contributed by atoms with Crippen LogP contribution in [-0.4, -0.2) is 21.7 Å². The third-order valence-electron chi connectivity index (χ3n) is 3.11. The van der Waals surface area contributed by atoms with E-state index in [0.717, 1.165) is 18.6 Å². The number of hydrogen-bond acceptors (Lipinski definition) is 3. The minimum absolute atomic E-state index is 0.0576. The molecule has 2 rings (SSSR count). The average Bonchev–Trinajstić information content (AvgIpc) is 2.95. The van der Waals surface area contributed by atoms with Gasteiger partial charge in [0.1, 0.15) is 11.5 Å². The molecule has 1 N–H and O–H groups in total. The Balaban J connectivity index is 1.96. The Bertz CT molecular complexity index is 658. The average molecular weight is 309 g/mol. The summed E-state index contributed by atoms with van der Waals surface area (Å²) in [5.41, 5.74) is 0.253. The highest BCUT2D eigenvalue weighted by Crippen LogP contribution is 2.17. The summed E-state index contributed by atoms with van der Waals surface area (Å²) in [5.74, 6) is -1.82. The molecule has 1 aromatic carbocycles. The SMILES string of the molecule is CC[C@H](C)NC(=O)c1ccn(COc2ccc(F)cc2F)n1. The molecule has 0 bridgehead atoms. The fraction of sp³-hybridized carbons (Fsp3) is 0.333. The summed E-state index contributed by atoms with van der Waals surface area (Å²) in [6, 6.07) is 4.64. The van der Waals surface area contributed by atoms with Crippen molar-refractivity contribution < 1.29 is 18.3 Å². The first-order chi connectivity index (χ1) is 10.5.